The highest BCUT2D eigenvalue weighted by Crippen LogP contribution is 2.48. The van der Waals surface area contributed by atoms with Crippen molar-refractivity contribution in [1.29, 1.82) is 0 Å². The summed E-state index contributed by atoms with van der Waals surface area (Å²) in [6.45, 7) is 10.3. The smallest absolute Gasteiger partial charge is 0.261 e. The highest BCUT2D eigenvalue weighted by atomic mass is 32.1. The molecule has 0 unspecified atom stereocenters. The summed E-state index contributed by atoms with van der Waals surface area (Å²) >= 11 is 1.50. The molecule has 1 aliphatic heterocycles. The van der Waals surface area contributed by atoms with E-state index in [-0.39, 0.29) is 42.2 Å². The van der Waals surface area contributed by atoms with Gasteiger partial charge in [0.1, 0.15) is 5.75 Å². The first-order valence-corrected chi connectivity index (χ1v) is 23.3. The van der Waals surface area contributed by atoms with Gasteiger partial charge in [-0.05, 0) is 111 Å². The maximum Gasteiger partial charge on any atom is 0.261 e. The zero-order valence-corrected chi connectivity index (χ0v) is 36.4. The number of carbonyl (C=O) groups excluding carboxylic acids is 2. The molecule has 5 aromatic rings. The largest absolute Gasteiger partial charge is 0.507 e. The van der Waals surface area contributed by atoms with E-state index in [2.05, 4.69) is 51.1 Å². The molecule has 2 amide bonds. The second kappa shape index (κ2) is 17.8. The van der Waals surface area contributed by atoms with E-state index < -0.39 is 38.8 Å². The number of fused-ring (bicyclic) bond motifs is 1. The van der Waals surface area contributed by atoms with E-state index in [0.717, 1.165) is 48.7 Å². The highest BCUT2D eigenvalue weighted by Gasteiger charge is 2.56. The van der Waals surface area contributed by atoms with E-state index in [0.29, 0.717) is 18.4 Å². The SMILES string of the molecule is Cc1cc(/C=C(/CC[C@@H](O)C2=C(CO[Si](c3ccccc3)(c3ccccc3)C(C)(C)C)C[C@H]3C(=O)N(Cc4cccs4)C(=O)[C@H]3[C@H]2CO)c2ccccc2)cc(C)c1O. The minimum absolute atomic E-state index is 0.138. The number of amides is 2. The van der Waals surface area contributed by atoms with Crippen LogP contribution >= 0.6 is 11.3 Å². The first-order valence-electron chi connectivity index (χ1n) is 20.5. The Morgan fingerprint density at radius 1 is 0.881 bits per heavy atom. The molecule has 2 aliphatic rings. The van der Waals surface area contributed by atoms with Gasteiger partial charge in [0.2, 0.25) is 11.8 Å². The van der Waals surface area contributed by atoms with Gasteiger partial charge in [0, 0.05) is 10.8 Å². The lowest BCUT2D eigenvalue weighted by molar-refractivity contribution is -0.140. The van der Waals surface area contributed by atoms with E-state index in [4.69, 9.17) is 4.43 Å². The summed E-state index contributed by atoms with van der Waals surface area (Å²) in [5.41, 5.74) is 5.91. The zero-order valence-electron chi connectivity index (χ0n) is 34.6. The second-order valence-electron chi connectivity index (χ2n) is 17.1. The highest BCUT2D eigenvalue weighted by molar-refractivity contribution is 7.09. The molecule has 0 radical (unpaired) electrons. The van der Waals surface area contributed by atoms with Gasteiger partial charge in [-0.1, -0.05) is 124 Å². The molecule has 9 heteroatoms. The van der Waals surface area contributed by atoms with Crippen molar-refractivity contribution in [2.75, 3.05) is 13.2 Å². The number of phenolic OH excluding ortho intramolecular Hbond substituents is 1. The van der Waals surface area contributed by atoms with Crippen molar-refractivity contribution in [1.82, 2.24) is 4.90 Å². The van der Waals surface area contributed by atoms with Crippen LogP contribution in [0.4, 0.5) is 0 Å². The number of carbonyl (C=O) groups is 2. The number of aryl methyl sites for hydroxylation is 2. The summed E-state index contributed by atoms with van der Waals surface area (Å²) in [6, 6.07) is 38.5. The molecule has 1 saturated heterocycles. The number of phenols is 1. The van der Waals surface area contributed by atoms with Crippen LogP contribution in [0, 0.1) is 31.6 Å². The van der Waals surface area contributed by atoms with Gasteiger partial charge in [0.05, 0.1) is 37.7 Å². The summed E-state index contributed by atoms with van der Waals surface area (Å²) in [7, 11) is -3.05. The molecule has 7 nitrogen and oxygen atoms in total. The van der Waals surface area contributed by atoms with Crippen LogP contribution < -0.4 is 10.4 Å². The number of nitrogens with zero attached hydrogens (tertiary/aromatic N) is 1. The Kier molecular flexibility index (Phi) is 12.7. The number of likely N-dealkylation sites (tertiary alicyclic amines) is 1. The minimum atomic E-state index is -3.05. The third-order valence-electron chi connectivity index (χ3n) is 12.3. The monoisotopic (exact) mass is 825 g/mol. The third-order valence-corrected chi connectivity index (χ3v) is 18.1. The quantitative estimate of drug-likeness (QED) is 0.0450. The predicted octanol–water partition coefficient (Wildman–Crippen LogP) is 8.44. The van der Waals surface area contributed by atoms with Crippen molar-refractivity contribution in [3.63, 3.8) is 0 Å². The van der Waals surface area contributed by atoms with Crippen molar-refractivity contribution >= 4 is 53.5 Å². The molecule has 0 bridgehead atoms. The molecule has 3 N–H and O–H groups in total. The maximum atomic E-state index is 14.3. The number of aliphatic hydroxyl groups is 2. The number of aliphatic hydroxyl groups excluding tert-OH is 2. The Hall–Kier alpha value is -4.90. The molecule has 7 rings (SSSR count). The Morgan fingerprint density at radius 2 is 1.47 bits per heavy atom. The van der Waals surface area contributed by atoms with Gasteiger partial charge in [-0.2, -0.15) is 0 Å². The van der Waals surface area contributed by atoms with E-state index in [1.54, 1.807) is 0 Å². The molecule has 306 valence electrons. The van der Waals surface area contributed by atoms with Gasteiger partial charge in [-0.3, -0.25) is 14.5 Å². The fraction of sp³-hybridized carbons (Fsp3) is 0.320. The molecule has 0 spiro atoms. The molecule has 2 heterocycles. The van der Waals surface area contributed by atoms with Crippen LogP contribution in [0.3, 0.4) is 0 Å². The Bertz CT molecular complexity index is 2250. The van der Waals surface area contributed by atoms with Crippen LogP contribution in [-0.2, 0) is 20.6 Å². The lowest BCUT2D eigenvalue weighted by atomic mass is 9.68. The Balaban J connectivity index is 1.30. The number of imide groups is 1. The van der Waals surface area contributed by atoms with E-state index >= 15 is 0 Å². The lowest BCUT2D eigenvalue weighted by Gasteiger charge is -2.44. The Labute approximate surface area is 353 Å². The van der Waals surface area contributed by atoms with Crippen molar-refractivity contribution in [2.24, 2.45) is 17.8 Å². The molecule has 1 aromatic heterocycles. The summed E-state index contributed by atoms with van der Waals surface area (Å²) in [4.78, 5) is 30.9. The number of thiophene rings is 1. The number of rotatable bonds is 14. The van der Waals surface area contributed by atoms with Gasteiger partial charge >= 0.3 is 0 Å². The van der Waals surface area contributed by atoms with Crippen LogP contribution in [0.2, 0.25) is 5.04 Å². The average molecular weight is 826 g/mol. The predicted molar refractivity (Wildman–Crippen MR) is 240 cm³/mol. The molecule has 4 atom stereocenters. The van der Waals surface area contributed by atoms with E-state index in [1.807, 2.05) is 110 Å². The number of allylic oxidation sites excluding steroid dienone is 1. The van der Waals surface area contributed by atoms with Crippen LogP contribution in [-0.4, -0.2) is 59.7 Å². The minimum Gasteiger partial charge on any atom is -0.507 e. The van der Waals surface area contributed by atoms with Crippen LogP contribution in [0.5, 0.6) is 5.75 Å². The molecule has 0 saturated carbocycles. The second-order valence-corrected chi connectivity index (χ2v) is 22.4. The first-order chi connectivity index (χ1) is 28.3. The fourth-order valence-corrected chi connectivity index (χ4v) is 14.7. The van der Waals surface area contributed by atoms with Gasteiger partial charge in [0.25, 0.3) is 8.32 Å². The normalized spacial score (nSPS) is 19.3. The molecule has 1 fully saturated rings. The maximum absolute atomic E-state index is 14.3. The molecule has 4 aromatic carbocycles. The van der Waals surface area contributed by atoms with Crippen LogP contribution in [0.1, 0.15) is 67.2 Å². The summed E-state index contributed by atoms with van der Waals surface area (Å²) in [5, 5.41) is 38.1. The van der Waals surface area contributed by atoms with Crippen LogP contribution in [0.25, 0.3) is 11.6 Å². The average Bonchev–Trinajstić information content (AvgIpc) is 3.84. The summed E-state index contributed by atoms with van der Waals surface area (Å²) < 4.78 is 7.46. The van der Waals surface area contributed by atoms with Gasteiger partial charge < -0.3 is 19.7 Å². The van der Waals surface area contributed by atoms with Crippen LogP contribution in [0.15, 0.2) is 132 Å². The van der Waals surface area contributed by atoms with Crippen molar-refractivity contribution in [3.05, 3.63) is 159 Å². The first kappa shape index (κ1) is 42.2. The number of hydrogen-bond donors (Lipinski definition) is 3. The molecular weight excluding hydrogens is 771 g/mol. The topological polar surface area (TPSA) is 107 Å². The number of hydrogen-bond acceptors (Lipinski definition) is 7. The molecule has 59 heavy (non-hydrogen) atoms. The van der Waals surface area contributed by atoms with E-state index in [1.165, 1.54) is 16.2 Å². The van der Waals surface area contributed by atoms with Crippen molar-refractivity contribution in [3.8, 4) is 5.75 Å². The molecular formula is C50H55NO6SSi. The van der Waals surface area contributed by atoms with Gasteiger partial charge in [-0.15, -0.1) is 11.3 Å². The van der Waals surface area contributed by atoms with Crippen molar-refractivity contribution < 1.29 is 29.3 Å². The molecule has 1 aliphatic carbocycles. The van der Waals surface area contributed by atoms with Gasteiger partial charge in [0.15, 0.2) is 0 Å². The summed E-state index contributed by atoms with van der Waals surface area (Å²) in [6.07, 6.45) is 2.12. The van der Waals surface area contributed by atoms with Crippen molar-refractivity contribution in [2.45, 2.75) is 71.6 Å². The zero-order chi connectivity index (χ0) is 41.9. The standard InChI is InChI=1S/C50H55NO6SSi/c1-33-26-35(27-34(2)47(33)54)28-37(36-16-9-6-10-17-36)23-24-44(53)45-38(29-42-46(43(45)31-52)49(56)51(48(42)55)30-39-18-15-25-58-39)32-57-59(50(3,4)5,40-19-11-7-12-20-40)41-21-13-8-14-22-41/h6-22,25-28,42-44,46,52-54H,23-24,29-32H2,1-5H3/b37-28-/t42-,43+,44-,46-/m1/s1. The lowest BCUT2D eigenvalue weighted by Crippen LogP contribution is -2.66. The van der Waals surface area contributed by atoms with Gasteiger partial charge in [-0.25, -0.2) is 0 Å². The van der Waals surface area contributed by atoms with E-state index in [9.17, 15) is 24.9 Å². The third kappa shape index (κ3) is 8.45. The Morgan fingerprint density at radius 3 is 2.02 bits per heavy atom. The number of aromatic hydroxyl groups is 1. The number of benzene rings is 4. The summed E-state index contributed by atoms with van der Waals surface area (Å²) in [5.74, 6) is -2.49. The fourth-order valence-electron chi connectivity index (χ4n) is 9.50.